The number of hydrogen-bond acceptors (Lipinski definition) is 3. The summed E-state index contributed by atoms with van der Waals surface area (Å²) in [4.78, 5) is 14.3. The molecule has 1 heterocycles. The van der Waals surface area contributed by atoms with Gasteiger partial charge in [-0.25, -0.2) is 0 Å². The van der Waals surface area contributed by atoms with Crippen molar-refractivity contribution in [1.29, 1.82) is 0 Å². The average molecular weight is 276 g/mol. The zero-order valence-electron chi connectivity index (χ0n) is 12.4. The van der Waals surface area contributed by atoms with Crippen molar-refractivity contribution in [3.05, 3.63) is 29.3 Å². The van der Waals surface area contributed by atoms with E-state index in [1.165, 1.54) is 12.8 Å². The van der Waals surface area contributed by atoms with E-state index in [1.807, 2.05) is 24.8 Å². The quantitative estimate of drug-likeness (QED) is 0.887. The second-order valence-electron chi connectivity index (χ2n) is 5.51. The molecule has 1 aliphatic rings. The highest BCUT2D eigenvalue weighted by atomic mass is 16.3. The maximum Gasteiger partial charge on any atom is 0.257 e. The molecule has 0 aliphatic carbocycles. The van der Waals surface area contributed by atoms with Crippen LogP contribution in [0.4, 0.5) is 0 Å². The molecule has 4 heteroatoms. The molecule has 110 valence electrons. The van der Waals surface area contributed by atoms with Crippen LogP contribution in [-0.4, -0.2) is 41.6 Å². The van der Waals surface area contributed by atoms with Crippen molar-refractivity contribution >= 4 is 5.91 Å². The minimum absolute atomic E-state index is 0.0741. The average Bonchev–Trinajstić information content (AvgIpc) is 2.45. The minimum Gasteiger partial charge on any atom is -0.507 e. The Labute approximate surface area is 120 Å². The number of likely N-dealkylation sites (N-methyl/N-ethyl adjacent to an activating group) is 1. The van der Waals surface area contributed by atoms with E-state index in [0.717, 1.165) is 18.5 Å². The number of nitrogens with one attached hydrogen (secondary N) is 1. The molecule has 0 radical (unpaired) electrons. The van der Waals surface area contributed by atoms with Crippen LogP contribution in [0.15, 0.2) is 18.2 Å². The lowest BCUT2D eigenvalue weighted by Crippen LogP contribution is -2.45. The van der Waals surface area contributed by atoms with E-state index in [9.17, 15) is 9.90 Å². The fourth-order valence-corrected chi connectivity index (χ4v) is 2.69. The van der Waals surface area contributed by atoms with Gasteiger partial charge in [0.05, 0.1) is 5.56 Å². The first-order valence-corrected chi connectivity index (χ1v) is 7.44. The molecule has 1 fully saturated rings. The first-order valence-electron chi connectivity index (χ1n) is 7.44. The number of rotatable bonds is 4. The van der Waals surface area contributed by atoms with E-state index < -0.39 is 0 Å². The zero-order valence-corrected chi connectivity index (χ0v) is 12.4. The van der Waals surface area contributed by atoms with Crippen LogP contribution >= 0.6 is 0 Å². The van der Waals surface area contributed by atoms with Gasteiger partial charge in [0.25, 0.3) is 5.91 Å². The molecule has 0 spiro atoms. The number of carbonyl (C=O) groups is 1. The number of carbonyl (C=O) groups excluding carboxylic acids is 1. The first-order chi connectivity index (χ1) is 9.61. The molecule has 1 aromatic carbocycles. The molecule has 1 saturated heterocycles. The summed E-state index contributed by atoms with van der Waals surface area (Å²) >= 11 is 0. The van der Waals surface area contributed by atoms with Crippen LogP contribution in [0, 0.1) is 6.92 Å². The van der Waals surface area contributed by atoms with Crippen LogP contribution in [0.5, 0.6) is 5.75 Å². The number of phenolic OH excluding ortho intramolecular Hbond substituents is 1. The number of piperidine rings is 1. The Morgan fingerprint density at radius 1 is 1.45 bits per heavy atom. The van der Waals surface area contributed by atoms with Gasteiger partial charge in [-0.1, -0.05) is 12.5 Å². The van der Waals surface area contributed by atoms with E-state index in [-0.39, 0.29) is 11.7 Å². The SMILES string of the molecule is CCN(CC1CCCCN1)C(=O)c1ccc(C)cc1O. The topological polar surface area (TPSA) is 52.6 Å². The van der Waals surface area contributed by atoms with Crippen molar-refractivity contribution < 1.29 is 9.90 Å². The predicted octanol–water partition coefficient (Wildman–Crippen LogP) is 2.30. The largest absolute Gasteiger partial charge is 0.507 e. The molecule has 4 nitrogen and oxygen atoms in total. The maximum atomic E-state index is 12.5. The van der Waals surface area contributed by atoms with Crippen LogP contribution in [0.3, 0.4) is 0 Å². The van der Waals surface area contributed by atoms with Crippen molar-refractivity contribution in [3.8, 4) is 5.75 Å². The normalized spacial score (nSPS) is 18.8. The van der Waals surface area contributed by atoms with Crippen molar-refractivity contribution in [2.45, 2.75) is 39.2 Å². The monoisotopic (exact) mass is 276 g/mol. The third-order valence-corrected chi connectivity index (χ3v) is 3.91. The third-order valence-electron chi connectivity index (χ3n) is 3.91. The standard InChI is InChI=1S/C16H24N2O2/c1-3-18(11-13-6-4-5-9-17-13)16(20)14-8-7-12(2)10-15(14)19/h7-8,10,13,17,19H,3-6,9,11H2,1-2H3. The second-order valence-corrected chi connectivity index (χ2v) is 5.51. The number of nitrogens with zero attached hydrogens (tertiary/aromatic N) is 1. The molecule has 1 atom stereocenters. The molecule has 0 bridgehead atoms. The highest BCUT2D eigenvalue weighted by Crippen LogP contribution is 2.21. The Hall–Kier alpha value is -1.55. The number of phenols is 1. The lowest BCUT2D eigenvalue weighted by Gasteiger charge is -2.30. The van der Waals surface area contributed by atoms with Crippen LogP contribution in [0.2, 0.25) is 0 Å². The van der Waals surface area contributed by atoms with Gasteiger partial charge in [0.1, 0.15) is 5.75 Å². The first kappa shape index (κ1) is 14.9. The van der Waals surface area contributed by atoms with E-state index in [0.29, 0.717) is 24.7 Å². The lowest BCUT2D eigenvalue weighted by molar-refractivity contribution is 0.0738. The van der Waals surface area contributed by atoms with Gasteiger partial charge >= 0.3 is 0 Å². The minimum atomic E-state index is -0.0858. The second kappa shape index (κ2) is 6.75. The number of benzene rings is 1. The lowest BCUT2D eigenvalue weighted by atomic mass is 10.0. The summed E-state index contributed by atoms with van der Waals surface area (Å²) in [6.07, 6.45) is 3.55. The van der Waals surface area contributed by atoms with E-state index in [2.05, 4.69) is 5.32 Å². The molecule has 1 amide bonds. The van der Waals surface area contributed by atoms with Crippen LogP contribution in [0.25, 0.3) is 0 Å². The van der Waals surface area contributed by atoms with Gasteiger partial charge in [0.2, 0.25) is 0 Å². The molecule has 1 unspecified atom stereocenters. The molecule has 20 heavy (non-hydrogen) atoms. The zero-order chi connectivity index (χ0) is 14.5. The number of aromatic hydroxyl groups is 1. The van der Waals surface area contributed by atoms with E-state index in [4.69, 9.17) is 0 Å². The molecule has 1 aliphatic heterocycles. The maximum absolute atomic E-state index is 12.5. The van der Waals surface area contributed by atoms with Crippen LogP contribution in [-0.2, 0) is 0 Å². The van der Waals surface area contributed by atoms with Gasteiger partial charge in [-0.05, 0) is 50.9 Å². The van der Waals surface area contributed by atoms with Gasteiger partial charge in [-0.3, -0.25) is 4.79 Å². The van der Waals surface area contributed by atoms with Crippen molar-refractivity contribution in [2.75, 3.05) is 19.6 Å². The Morgan fingerprint density at radius 3 is 2.85 bits per heavy atom. The summed E-state index contributed by atoms with van der Waals surface area (Å²) in [6, 6.07) is 5.59. The summed E-state index contributed by atoms with van der Waals surface area (Å²) in [5.41, 5.74) is 1.35. The van der Waals surface area contributed by atoms with Crippen molar-refractivity contribution in [3.63, 3.8) is 0 Å². The van der Waals surface area contributed by atoms with E-state index >= 15 is 0 Å². The highest BCUT2D eigenvalue weighted by Gasteiger charge is 2.22. The summed E-state index contributed by atoms with van der Waals surface area (Å²) in [5.74, 6) is -0.0116. The van der Waals surface area contributed by atoms with E-state index in [1.54, 1.807) is 12.1 Å². The summed E-state index contributed by atoms with van der Waals surface area (Å²) < 4.78 is 0. The smallest absolute Gasteiger partial charge is 0.257 e. The molecule has 0 saturated carbocycles. The summed E-state index contributed by atoms with van der Waals surface area (Å²) in [7, 11) is 0. The number of hydrogen-bond donors (Lipinski definition) is 2. The molecule has 0 aromatic heterocycles. The number of amides is 1. The van der Waals surface area contributed by atoms with Crippen LogP contribution < -0.4 is 5.32 Å². The van der Waals surface area contributed by atoms with Gasteiger partial charge < -0.3 is 15.3 Å². The Morgan fingerprint density at radius 2 is 2.25 bits per heavy atom. The van der Waals surface area contributed by atoms with Gasteiger partial charge in [-0.2, -0.15) is 0 Å². The van der Waals surface area contributed by atoms with Crippen LogP contribution in [0.1, 0.15) is 42.1 Å². The predicted molar refractivity (Wildman–Crippen MR) is 80.1 cm³/mol. The fraction of sp³-hybridized carbons (Fsp3) is 0.562. The fourth-order valence-electron chi connectivity index (χ4n) is 2.69. The summed E-state index contributed by atoms with van der Waals surface area (Å²) in [5, 5.41) is 13.4. The van der Waals surface area contributed by atoms with Gasteiger partial charge in [0, 0.05) is 19.1 Å². The number of aryl methyl sites for hydroxylation is 1. The summed E-state index contributed by atoms with van der Waals surface area (Å²) in [6.45, 7) is 6.28. The van der Waals surface area contributed by atoms with Crippen molar-refractivity contribution in [1.82, 2.24) is 10.2 Å². The Balaban J connectivity index is 2.07. The molecule has 1 aromatic rings. The molecular formula is C16H24N2O2. The highest BCUT2D eigenvalue weighted by molar-refractivity contribution is 5.96. The van der Waals surface area contributed by atoms with Crippen molar-refractivity contribution in [2.24, 2.45) is 0 Å². The molecule has 2 rings (SSSR count). The van der Waals surface area contributed by atoms with Gasteiger partial charge in [0.15, 0.2) is 0 Å². The third kappa shape index (κ3) is 3.51. The Bertz CT molecular complexity index is 468. The Kier molecular flexibility index (Phi) is 5.01. The van der Waals surface area contributed by atoms with Gasteiger partial charge in [-0.15, -0.1) is 0 Å². The molecular weight excluding hydrogens is 252 g/mol. The molecule has 2 N–H and O–H groups in total.